The molecule has 0 radical (unpaired) electrons. The predicted octanol–water partition coefficient (Wildman–Crippen LogP) is 4.42. The van der Waals surface area contributed by atoms with Gasteiger partial charge in [0.05, 0.1) is 10.2 Å². The maximum atomic E-state index is 14.6. The Morgan fingerprint density at radius 3 is 1.79 bits per heavy atom. The highest BCUT2D eigenvalue weighted by Gasteiger charge is 2.32. The zero-order chi connectivity index (χ0) is 24.0. The highest BCUT2D eigenvalue weighted by Crippen LogP contribution is 2.44. The highest BCUT2D eigenvalue weighted by atomic mass is 32.2. The molecule has 0 aliphatic heterocycles. The molecular weight excluding hydrogens is 467 g/mol. The van der Waals surface area contributed by atoms with E-state index in [9.17, 15) is 13.0 Å². The second kappa shape index (κ2) is 10.4. The summed E-state index contributed by atoms with van der Waals surface area (Å²) >= 11 is 0. The van der Waals surface area contributed by atoms with Gasteiger partial charge in [0.2, 0.25) is 0 Å². The molecule has 0 saturated heterocycles. The normalized spacial score (nSPS) is 11.8. The first-order valence-electron chi connectivity index (χ1n) is 10.8. The van der Waals surface area contributed by atoms with Crippen LogP contribution in [0.2, 0.25) is 0 Å². The van der Waals surface area contributed by atoms with E-state index < -0.39 is 17.3 Å². The highest BCUT2D eigenvalue weighted by molar-refractivity contribution is 7.86. The molecule has 4 rings (SSSR count). The topological polar surface area (TPSA) is 69.7 Å². The first-order valence-corrected chi connectivity index (χ1v) is 13.9. The van der Waals surface area contributed by atoms with E-state index in [1.165, 1.54) is 12.1 Å². The predicted molar refractivity (Wildman–Crippen MR) is 136 cm³/mol. The molecule has 5 nitrogen and oxygen atoms in total. The Kier molecular flexibility index (Phi) is 7.32. The summed E-state index contributed by atoms with van der Waals surface area (Å²) in [6.45, 7) is 1.68. The largest absolute Gasteiger partial charge is 0.490 e. The lowest BCUT2D eigenvalue weighted by molar-refractivity contribution is 0.222. The fraction of sp³-hybridized carbons (Fsp3) is 0.111. The number of ether oxygens (including phenoxy) is 1. The van der Waals surface area contributed by atoms with E-state index in [-0.39, 0.29) is 18.1 Å². The smallest absolute Gasteiger partial charge is 0.297 e. The monoisotopic (exact) mass is 492 g/mol. The fourth-order valence-corrected chi connectivity index (χ4v) is 7.29. The zero-order valence-corrected chi connectivity index (χ0v) is 20.4. The van der Waals surface area contributed by atoms with Gasteiger partial charge in [-0.05, 0) is 31.2 Å². The maximum absolute atomic E-state index is 14.6. The van der Waals surface area contributed by atoms with Crippen LogP contribution < -0.4 is 20.7 Å². The molecule has 34 heavy (non-hydrogen) atoms. The third-order valence-electron chi connectivity index (χ3n) is 5.33. The molecule has 0 unspecified atom stereocenters. The second-order valence-electron chi connectivity index (χ2n) is 7.69. The van der Waals surface area contributed by atoms with Crippen molar-refractivity contribution in [1.29, 1.82) is 0 Å². The summed E-state index contributed by atoms with van der Waals surface area (Å²) in [6, 6.07) is 32.2. The Balaban J connectivity index is 1.57. The number of benzene rings is 4. The van der Waals surface area contributed by atoms with E-state index in [0.717, 1.165) is 5.56 Å². The molecule has 0 amide bonds. The van der Waals surface area contributed by atoms with Crippen LogP contribution in [0.4, 0.5) is 0 Å². The third-order valence-corrected chi connectivity index (χ3v) is 9.76. The van der Waals surface area contributed by atoms with E-state index in [1.807, 2.05) is 73.7 Å². The van der Waals surface area contributed by atoms with Crippen LogP contribution in [0.5, 0.6) is 5.75 Å². The van der Waals surface area contributed by atoms with Gasteiger partial charge in [0.15, 0.2) is 7.14 Å². The molecule has 174 valence electrons. The Bertz CT molecular complexity index is 1340. The minimum absolute atomic E-state index is 0.0221. The van der Waals surface area contributed by atoms with Crippen LogP contribution in [-0.2, 0) is 18.9 Å². The Morgan fingerprint density at radius 1 is 0.676 bits per heavy atom. The SMILES string of the molecule is Cc1ccc(S(=O)(=O)OCCOc2ccccc2P(=O)(c2ccccc2)c2ccccc2)cc1. The van der Waals surface area contributed by atoms with Crippen LogP contribution in [0.3, 0.4) is 0 Å². The summed E-state index contributed by atoms with van der Waals surface area (Å²) in [4.78, 5) is 0.0937. The summed E-state index contributed by atoms with van der Waals surface area (Å²) in [5.41, 5.74) is 0.958. The van der Waals surface area contributed by atoms with Gasteiger partial charge in [-0.1, -0.05) is 90.5 Å². The summed E-state index contributed by atoms with van der Waals surface area (Å²) in [6.07, 6.45) is 0. The number of rotatable bonds is 9. The van der Waals surface area contributed by atoms with Gasteiger partial charge in [-0.25, -0.2) is 0 Å². The zero-order valence-electron chi connectivity index (χ0n) is 18.7. The molecule has 0 spiro atoms. The van der Waals surface area contributed by atoms with Crippen LogP contribution in [0, 0.1) is 6.92 Å². The number of hydrogen-bond donors (Lipinski definition) is 0. The Labute approximate surface area is 200 Å². The molecule has 0 N–H and O–H groups in total. The van der Waals surface area contributed by atoms with Crippen molar-refractivity contribution in [2.75, 3.05) is 13.2 Å². The molecule has 0 fully saturated rings. The van der Waals surface area contributed by atoms with Crippen molar-refractivity contribution in [2.45, 2.75) is 11.8 Å². The van der Waals surface area contributed by atoms with E-state index in [1.54, 1.807) is 30.3 Å². The van der Waals surface area contributed by atoms with Crippen molar-refractivity contribution >= 4 is 33.2 Å². The van der Waals surface area contributed by atoms with Gasteiger partial charge in [0, 0.05) is 10.6 Å². The molecule has 0 saturated carbocycles. The van der Waals surface area contributed by atoms with Crippen molar-refractivity contribution in [2.24, 2.45) is 0 Å². The molecule has 4 aromatic rings. The van der Waals surface area contributed by atoms with Crippen LogP contribution in [0.1, 0.15) is 5.56 Å². The van der Waals surface area contributed by atoms with E-state index in [2.05, 4.69) is 0 Å². The number of para-hydroxylation sites is 1. The summed E-state index contributed by atoms with van der Waals surface area (Å²) < 4.78 is 50.6. The molecule has 0 bridgehead atoms. The van der Waals surface area contributed by atoms with Gasteiger partial charge < -0.3 is 9.30 Å². The van der Waals surface area contributed by atoms with Gasteiger partial charge >= 0.3 is 0 Å². The Hall–Kier alpha value is -3.18. The average Bonchev–Trinajstić information content (AvgIpc) is 2.88. The van der Waals surface area contributed by atoms with E-state index in [4.69, 9.17) is 8.92 Å². The number of hydrogen-bond acceptors (Lipinski definition) is 5. The lowest BCUT2D eigenvalue weighted by Crippen LogP contribution is -2.26. The minimum atomic E-state index is -3.89. The molecule has 4 aromatic carbocycles. The molecular formula is C27H25O5PS. The van der Waals surface area contributed by atoms with Gasteiger partial charge in [0.1, 0.15) is 19.0 Å². The van der Waals surface area contributed by atoms with Crippen molar-refractivity contribution in [3.05, 3.63) is 115 Å². The third kappa shape index (κ3) is 5.15. The maximum Gasteiger partial charge on any atom is 0.297 e. The second-order valence-corrected chi connectivity index (χ2v) is 12.0. The van der Waals surface area contributed by atoms with E-state index >= 15 is 0 Å². The van der Waals surface area contributed by atoms with Gasteiger partial charge in [-0.15, -0.1) is 0 Å². The van der Waals surface area contributed by atoms with Gasteiger partial charge in [-0.3, -0.25) is 4.18 Å². The van der Waals surface area contributed by atoms with Crippen LogP contribution in [0.15, 0.2) is 114 Å². The van der Waals surface area contributed by atoms with Gasteiger partial charge in [-0.2, -0.15) is 8.42 Å². The fourth-order valence-electron chi connectivity index (χ4n) is 3.61. The molecule has 0 aliphatic carbocycles. The minimum Gasteiger partial charge on any atom is -0.490 e. The van der Waals surface area contributed by atoms with Crippen molar-refractivity contribution in [3.8, 4) is 5.75 Å². The van der Waals surface area contributed by atoms with Crippen LogP contribution >= 0.6 is 7.14 Å². The van der Waals surface area contributed by atoms with Crippen molar-refractivity contribution < 1.29 is 21.9 Å². The number of aryl methyl sites for hydroxylation is 1. The molecule has 0 heterocycles. The average molecular weight is 493 g/mol. The quantitative estimate of drug-likeness (QED) is 0.197. The lowest BCUT2D eigenvalue weighted by atomic mass is 10.2. The van der Waals surface area contributed by atoms with Gasteiger partial charge in [0.25, 0.3) is 10.1 Å². The van der Waals surface area contributed by atoms with Crippen molar-refractivity contribution in [3.63, 3.8) is 0 Å². The molecule has 0 aliphatic rings. The van der Waals surface area contributed by atoms with Crippen LogP contribution in [0.25, 0.3) is 0 Å². The van der Waals surface area contributed by atoms with Crippen molar-refractivity contribution in [1.82, 2.24) is 0 Å². The first kappa shape index (κ1) is 24.0. The Morgan fingerprint density at radius 2 is 1.21 bits per heavy atom. The lowest BCUT2D eigenvalue weighted by Gasteiger charge is -2.22. The molecule has 0 aromatic heterocycles. The van der Waals surface area contributed by atoms with Crippen LogP contribution in [-0.4, -0.2) is 21.6 Å². The summed E-state index contributed by atoms with van der Waals surface area (Å²) in [5, 5.41) is 1.93. The first-order chi connectivity index (χ1) is 16.4. The molecule has 7 heteroatoms. The standard InChI is InChI=1S/C27H25O5PS/c1-22-16-18-25(19-17-22)34(29,30)32-21-20-31-26-14-8-9-15-27(26)33(28,23-10-4-2-5-11-23)24-12-6-3-7-13-24/h2-19H,20-21H2,1H3. The summed E-state index contributed by atoms with van der Waals surface area (Å²) in [7, 11) is -7.12. The summed E-state index contributed by atoms with van der Waals surface area (Å²) in [5.74, 6) is 0.426. The van der Waals surface area contributed by atoms with E-state index in [0.29, 0.717) is 21.7 Å². The molecule has 0 atom stereocenters.